The first-order valence-electron chi connectivity index (χ1n) is 8.73. The minimum atomic E-state index is -0.813. The van der Waals surface area contributed by atoms with Crippen LogP contribution in [0.15, 0.2) is 40.9 Å². The molecular formula is C20H18F2N2O3. The molecule has 140 valence electrons. The molecule has 0 bridgehead atoms. The van der Waals surface area contributed by atoms with Crippen LogP contribution in [0.4, 0.5) is 8.78 Å². The Hall–Kier alpha value is -2.96. The zero-order chi connectivity index (χ0) is 18.8. The molecule has 0 amide bonds. The van der Waals surface area contributed by atoms with Crippen molar-refractivity contribution < 1.29 is 22.8 Å². The first kappa shape index (κ1) is 17.5. The predicted molar refractivity (Wildman–Crippen MR) is 93.4 cm³/mol. The number of aromatic nitrogens is 2. The lowest BCUT2D eigenvalue weighted by atomic mass is 10.1. The van der Waals surface area contributed by atoms with Gasteiger partial charge in [-0.3, -0.25) is 0 Å². The minimum Gasteiger partial charge on any atom is -0.479 e. The Morgan fingerprint density at radius 3 is 2.56 bits per heavy atom. The summed E-state index contributed by atoms with van der Waals surface area (Å²) >= 11 is 0. The Balaban J connectivity index is 1.51. The molecule has 0 N–H and O–H groups in total. The highest BCUT2D eigenvalue weighted by Crippen LogP contribution is 2.31. The number of ether oxygens (including phenoxy) is 2. The van der Waals surface area contributed by atoms with E-state index < -0.39 is 17.4 Å². The van der Waals surface area contributed by atoms with Crippen LogP contribution >= 0.6 is 0 Å². The molecule has 0 atom stereocenters. The monoisotopic (exact) mass is 372 g/mol. The van der Waals surface area contributed by atoms with Crippen LogP contribution in [0, 0.1) is 24.5 Å². The van der Waals surface area contributed by atoms with Crippen molar-refractivity contribution in [1.82, 2.24) is 10.1 Å². The summed E-state index contributed by atoms with van der Waals surface area (Å²) in [4.78, 5) is 4.33. The average Bonchev–Trinajstić information content (AvgIpc) is 3.40. The smallest absolute Gasteiger partial charge is 0.213 e. The molecular weight excluding hydrogens is 354 g/mol. The predicted octanol–water partition coefficient (Wildman–Crippen LogP) is 4.69. The number of benzene rings is 1. The molecule has 0 aliphatic heterocycles. The molecule has 3 aromatic rings. The molecule has 0 saturated heterocycles. The van der Waals surface area contributed by atoms with Gasteiger partial charge in [-0.2, -0.15) is 0 Å². The van der Waals surface area contributed by atoms with Crippen LogP contribution in [-0.4, -0.2) is 16.7 Å². The largest absolute Gasteiger partial charge is 0.479 e. The summed E-state index contributed by atoms with van der Waals surface area (Å²) in [5.74, 6) is -0.665. The SMILES string of the molecule is Cc1cc(COc2c(F)cc(-c3cccc(OCC4CC4)n3)cc2F)on1. The van der Waals surface area contributed by atoms with Crippen LogP contribution < -0.4 is 9.47 Å². The summed E-state index contributed by atoms with van der Waals surface area (Å²) in [6, 6.07) is 9.18. The molecule has 0 spiro atoms. The van der Waals surface area contributed by atoms with Crippen molar-refractivity contribution in [2.24, 2.45) is 5.92 Å². The normalized spacial score (nSPS) is 13.6. The minimum absolute atomic E-state index is 0.114. The highest BCUT2D eigenvalue weighted by atomic mass is 19.1. The first-order chi connectivity index (χ1) is 13.1. The van der Waals surface area contributed by atoms with E-state index in [1.54, 1.807) is 31.2 Å². The molecule has 1 fully saturated rings. The van der Waals surface area contributed by atoms with Gasteiger partial charge >= 0.3 is 0 Å². The van der Waals surface area contributed by atoms with Gasteiger partial charge in [0.1, 0.15) is 6.61 Å². The van der Waals surface area contributed by atoms with E-state index in [1.807, 2.05) is 0 Å². The Morgan fingerprint density at radius 2 is 1.89 bits per heavy atom. The Labute approximate surface area is 154 Å². The van der Waals surface area contributed by atoms with E-state index in [0.717, 1.165) is 0 Å². The molecule has 2 aromatic heterocycles. The number of hydrogen-bond donors (Lipinski definition) is 0. The molecule has 27 heavy (non-hydrogen) atoms. The summed E-state index contributed by atoms with van der Waals surface area (Å²) in [5, 5.41) is 3.70. The Kier molecular flexibility index (Phi) is 4.75. The quantitative estimate of drug-likeness (QED) is 0.602. The molecule has 7 heteroatoms. The van der Waals surface area contributed by atoms with Crippen LogP contribution in [0.3, 0.4) is 0 Å². The Bertz CT molecular complexity index is 931. The summed E-state index contributed by atoms with van der Waals surface area (Å²) in [6.45, 7) is 2.25. The maximum Gasteiger partial charge on any atom is 0.213 e. The zero-order valence-corrected chi connectivity index (χ0v) is 14.7. The highest BCUT2D eigenvalue weighted by Gasteiger charge is 2.22. The van der Waals surface area contributed by atoms with Gasteiger partial charge in [0.2, 0.25) is 5.88 Å². The van der Waals surface area contributed by atoms with Gasteiger partial charge in [0.25, 0.3) is 0 Å². The van der Waals surface area contributed by atoms with Crippen molar-refractivity contribution >= 4 is 0 Å². The molecule has 1 aromatic carbocycles. The molecule has 4 rings (SSSR count). The van der Waals surface area contributed by atoms with E-state index in [2.05, 4.69) is 10.1 Å². The van der Waals surface area contributed by atoms with Crippen molar-refractivity contribution in [3.05, 3.63) is 59.5 Å². The molecule has 1 saturated carbocycles. The van der Waals surface area contributed by atoms with Crippen molar-refractivity contribution in [3.8, 4) is 22.9 Å². The van der Waals surface area contributed by atoms with Gasteiger partial charge < -0.3 is 14.0 Å². The van der Waals surface area contributed by atoms with Crippen molar-refractivity contribution in [2.45, 2.75) is 26.4 Å². The summed E-state index contributed by atoms with van der Waals surface area (Å²) in [6.07, 6.45) is 2.34. The van der Waals surface area contributed by atoms with Crippen LogP contribution in [0.5, 0.6) is 11.6 Å². The van der Waals surface area contributed by atoms with Crippen LogP contribution in [0.25, 0.3) is 11.3 Å². The standard InChI is InChI=1S/C20H18F2N2O3/c1-12-7-15(27-24-12)11-26-20-16(21)8-14(9-17(20)22)18-3-2-4-19(23-18)25-10-13-5-6-13/h2-4,7-9,13H,5-6,10-11H2,1H3. The van der Waals surface area contributed by atoms with Gasteiger partial charge in [-0.15, -0.1) is 0 Å². The van der Waals surface area contributed by atoms with E-state index in [-0.39, 0.29) is 6.61 Å². The van der Waals surface area contributed by atoms with Gasteiger partial charge in [-0.25, -0.2) is 13.8 Å². The maximum absolute atomic E-state index is 14.4. The first-order valence-corrected chi connectivity index (χ1v) is 8.73. The van der Waals surface area contributed by atoms with E-state index in [0.29, 0.717) is 41.1 Å². The van der Waals surface area contributed by atoms with Crippen molar-refractivity contribution in [3.63, 3.8) is 0 Å². The molecule has 2 heterocycles. The molecule has 0 unspecified atom stereocenters. The molecule has 5 nitrogen and oxygen atoms in total. The number of pyridine rings is 1. The van der Waals surface area contributed by atoms with E-state index in [1.165, 1.54) is 25.0 Å². The lowest BCUT2D eigenvalue weighted by molar-refractivity contribution is 0.230. The second-order valence-electron chi connectivity index (χ2n) is 6.61. The number of rotatable bonds is 7. The zero-order valence-electron chi connectivity index (χ0n) is 14.7. The van der Waals surface area contributed by atoms with Crippen LogP contribution in [-0.2, 0) is 6.61 Å². The lowest BCUT2D eigenvalue weighted by Crippen LogP contribution is -2.02. The van der Waals surface area contributed by atoms with Gasteiger partial charge in [-0.1, -0.05) is 11.2 Å². The summed E-state index contributed by atoms with van der Waals surface area (Å²) in [7, 11) is 0. The third kappa shape index (κ3) is 4.24. The van der Waals surface area contributed by atoms with Crippen molar-refractivity contribution in [2.75, 3.05) is 6.61 Å². The average molecular weight is 372 g/mol. The van der Waals surface area contributed by atoms with Gasteiger partial charge in [0.15, 0.2) is 23.1 Å². The topological polar surface area (TPSA) is 57.4 Å². The summed E-state index contributed by atoms with van der Waals surface area (Å²) < 4.78 is 44.6. The van der Waals surface area contributed by atoms with Crippen LogP contribution in [0.2, 0.25) is 0 Å². The van der Waals surface area contributed by atoms with Gasteiger partial charge in [0, 0.05) is 17.7 Å². The second-order valence-corrected chi connectivity index (χ2v) is 6.61. The Morgan fingerprint density at radius 1 is 1.11 bits per heavy atom. The fraction of sp³-hybridized carbons (Fsp3) is 0.300. The highest BCUT2D eigenvalue weighted by molar-refractivity contribution is 5.61. The fourth-order valence-electron chi connectivity index (χ4n) is 2.62. The van der Waals surface area contributed by atoms with Gasteiger partial charge in [0.05, 0.1) is 18.0 Å². The van der Waals surface area contributed by atoms with E-state index in [9.17, 15) is 8.78 Å². The third-order valence-corrected chi connectivity index (χ3v) is 4.22. The number of nitrogens with zero attached hydrogens (tertiary/aromatic N) is 2. The number of halogens is 2. The maximum atomic E-state index is 14.4. The summed E-state index contributed by atoms with van der Waals surface area (Å²) in [5.41, 5.74) is 1.41. The number of aryl methyl sites for hydroxylation is 1. The van der Waals surface area contributed by atoms with Crippen LogP contribution in [0.1, 0.15) is 24.3 Å². The van der Waals surface area contributed by atoms with Gasteiger partial charge in [-0.05, 0) is 43.9 Å². The number of hydrogen-bond acceptors (Lipinski definition) is 5. The van der Waals surface area contributed by atoms with E-state index >= 15 is 0 Å². The fourth-order valence-corrected chi connectivity index (χ4v) is 2.62. The third-order valence-electron chi connectivity index (χ3n) is 4.22. The molecule has 1 aliphatic carbocycles. The van der Waals surface area contributed by atoms with E-state index in [4.69, 9.17) is 14.0 Å². The second kappa shape index (κ2) is 7.34. The lowest BCUT2D eigenvalue weighted by Gasteiger charge is -2.10. The van der Waals surface area contributed by atoms with Crippen molar-refractivity contribution in [1.29, 1.82) is 0 Å². The molecule has 1 aliphatic rings. The molecule has 0 radical (unpaired) electrons.